The molecule has 166 valence electrons. The molecule has 3 rings (SSSR count). The normalized spacial score (nSPS) is 12.1. The van der Waals surface area contributed by atoms with Gasteiger partial charge in [-0.1, -0.05) is 26.2 Å². The molecule has 0 radical (unpaired) electrons. The van der Waals surface area contributed by atoms with E-state index in [-0.39, 0.29) is 5.43 Å². The van der Waals surface area contributed by atoms with E-state index >= 15 is 0 Å². The van der Waals surface area contributed by atoms with Crippen molar-refractivity contribution < 1.29 is 18.7 Å². The lowest BCUT2D eigenvalue weighted by molar-refractivity contribution is -0.150. The van der Waals surface area contributed by atoms with Crippen LogP contribution in [0, 0.1) is 6.92 Å². The van der Waals surface area contributed by atoms with E-state index in [9.17, 15) is 9.59 Å². The third-order valence-electron chi connectivity index (χ3n) is 5.07. The molecule has 0 amide bonds. The van der Waals surface area contributed by atoms with Gasteiger partial charge in [0, 0.05) is 11.4 Å². The van der Waals surface area contributed by atoms with Crippen LogP contribution < -0.4 is 10.2 Å². The number of aromatic nitrogens is 1. The second-order valence-corrected chi connectivity index (χ2v) is 8.57. The molecule has 7 heteroatoms. The highest BCUT2D eigenvalue weighted by atomic mass is 32.1. The minimum Gasteiger partial charge on any atom is -0.479 e. The minimum absolute atomic E-state index is 0.119. The summed E-state index contributed by atoms with van der Waals surface area (Å²) in [4.78, 5) is 29.7. The zero-order chi connectivity index (χ0) is 22.4. The number of carbonyl (C=O) groups excluding carboxylic acids is 1. The van der Waals surface area contributed by atoms with Crippen LogP contribution in [0.4, 0.5) is 0 Å². The first kappa shape index (κ1) is 23.0. The maximum absolute atomic E-state index is 13.2. The average molecular weight is 444 g/mol. The number of hydrogen-bond acceptors (Lipinski definition) is 7. The van der Waals surface area contributed by atoms with Gasteiger partial charge in [0.15, 0.2) is 6.10 Å². The molecule has 0 saturated heterocycles. The van der Waals surface area contributed by atoms with Crippen molar-refractivity contribution in [3.8, 4) is 17.0 Å². The van der Waals surface area contributed by atoms with Crippen LogP contribution in [-0.4, -0.2) is 23.7 Å². The van der Waals surface area contributed by atoms with Gasteiger partial charge in [-0.15, -0.1) is 11.3 Å². The van der Waals surface area contributed by atoms with Crippen molar-refractivity contribution in [2.75, 3.05) is 6.61 Å². The van der Waals surface area contributed by atoms with Crippen molar-refractivity contribution in [1.29, 1.82) is 0 Å². The van der Waals surface area contributed by atoms with Gasteiger partial charge in [-0.25, -0.2) is 9.78 Å². The monoisotopic (exact) mass is 443 g/mol. The van der Waals surface area contributed by atoms with Crippen LogP contribution in [0.1, 0.15) is 57.0 Å². The van der Waals surface area contributed by atoms with Crippen LogP contribution in [0.25, 0.3) is 22.2 Å². The molecular formula is C24H29NO5S. The maximum atomic E-state index is 13.2. The summed E-state index contributed by atoms with van der Waals surface area (Å²) in [6, 6.07) is 3.54. The Morgan fingerprint density at radius 3 is 2.71 bits per heavy atom. The molecule has 0 saturated carbocycles. The number of hydrogen-bond donors (Lipinski definition) is 0. The van der Waals surface area contributed by atoms with Crippen molar-refractivity contribution in [2.45, 2.75) is 65.9 Å². The summed E-state index contributed by atoms with van der Waals surface area (Å²) in [7, 11) is 0. The summed E-state index contributed by atoms with van der Waals surface area (Å²) in [6.45, 7) is 7.78. The van der Waals surface area contributed by atoms with Crippen molar-refractivity contribution in [1.82, 2.24) is 4.98 Å². The number of thiazole rings is 1. The van der Waals surface area contributed by atoms with Gasteiger partial charge < -0.3 is 13.9 Å². The van der Waals surface area contributed by atoms with Gasteiger partial charge in [0.25, 0.3) is 0 Å². The molecule has 2 aromatic heterocycles. The van der Waals surface area contributed by atoms with Crippen LogP contribution in [0.5, 0.6) is 5.75 Å². The molecule has 2 heterocycles. The summed E-state index contributed by atoms with van der Waals surface area (Å²) >= 11 is 1.49. The molecule has 6 nitrogen and oxygen atoms in total. The van der Waals surface area contributed by atoms with Crippen LogP contribution in [0.2, 0.25) is 0 Å². The van der Waals surface area contributed by atoms with E-state index in [1.165, 1.54) is 17.6 Å². The van der Waals surface area contributed by atoms with Crippen molar-refractivity contribution >= 4 is 28.3 Å². The molecule has 31 heavy (non-hydrogen) atoms. The molecule has 0 spiro atoms. The van der Waals surface area contributed by atoms with Crippen molar-refractivity contribution in [3.05, 3.63) is 44.6 Å². The molecule has 0 N–H and O–H groups in total. The Bertz CT molecular complexity index is 1100. The predicted octanol–water partition coefficient (Wildman–Crippen LogP) is 5.68. The third kappa shape index (κ3) is 5.53. The van der Waals surface area contributed by atoms with Gasteiger partial charge in [-0.05, 0) is 45.2 Å². The Hall–Kier alpha value is -2.67. The summed E-state index contributed by atoms with van der Waals surface area (Å²) in [5, 5.41) is 3.24. The zero-order valence-corrected chi connectivity index (χ0v) is 19.3. The Morgan fingerprint density at radius 1 is 1.23 bits per heavy atom. The molecular weight excluding hydrogens is 414 g/mol. The van der Waals surface area contributed by atoms with Gasteiger partial charge in [0.2, 0.25) is 5.43 Å². The lowest BCUT2D eigenvalue weighted by atomic mass is 10.0. The fourth-order valence-electron chi connectivity index (χ4n) is 3.41. The van der Waals surface area contributed by atoms with Gasteiger partial charge in [-0.3, -0.25) is 4.79 Å². The molecule has 0 aliphatic heterocycles. The second kappa shape index (κ2) is 10.6. The quantitative estimate of drug-likeness (QED) is 0.296. The minimum atomic E-state index is -0.754. The number of benzene rings is 1. The van der Waals surface area contributed by atoms with Crippen molar-refractivity contribution in [3.63, 3.8) is 0 Å². The van der Waals surface area contributed by atoms with Crippen LogP contribution >= 0.6 is 11.3 Å². The van der Waals surface area contributed by atoms with E-state index in [1.54, 1.807) is 19.9 Å². The number of fused-ring (bicyclic) bond motifs is 1. The van der Waals surface area contributed by atoms with Crippen molar-refractivity contribution in [2.24, 2.45) is 0 Å². The second-order valence-electron chi connectivity index (χ2n) is 7.51. The smallest absolute Gasteiger partial charge is 0.347 e. The lowest BCUT2D eigenvalue weighted by Crippen LogP contribution is -2.26. The van der Waals surface area contributed by atoms with Crippen LogP contribution in [-0.2, 0) is 16.0 Å². The summed E-state index contributed by atoms with van der Waals surface area (Å²) < 4.78 is 16.8. The predicted molar refractivity (Wildman–Crippen MR) is 123 cm³/mol. The molecule has 1 atom stereocenters. The maximum Gasteiger partial charge on any atom is 0.347 e. The van der Waals surface area contributed by atoms with E-state index in [4.69, 9.17) is 13.9 Å². The molecule has 1 aromatic carbocycles. The van der Waals surface area contributed by atoms with Gasteiger partial charge >= 0.3 is 5.97 Å². The van der Waals surface area contributed by atoms with Crippen LogP contribution in [0.15, 0.2) is 33.0 Å². The Morgan fingerprint density at radius 2 is 2.03 bits per heavy atom. The lowest BCUT2D eigenvalue weighted by Gasteiger charge is -2.17. The van der Waals surface area contributed by atoms with Crippen LogP contribution in [0.3, 0.4) is 0 Å². The highest BCUT2D eigenvalue weighted by Crippen LogP contribution is 2.29. The zero-order valence-electron chi connectivity index (χ0n) is 18.5. The molecule has 0 fully saturated rings. The van der Waals surface area contributed by atoms with E-state index in [0.717, 1.165) is 42.7 Å². The van der Waals surface area contributed by atoms with Gasteiger partial charge in [0.05, 0.1) is 28.3 Å². The number of ether oxygens (including phenoxy) is 2. The van der Waals surface area contributed by atoms with E-state index < -0.39 is 12.1 Å². The average Bonchev–Trinajstić information content (AvgIpc) is 3.18. The van der Waals surface area contributed by atoms with E-state index in [1.807, 2.05) is 18.4 Å². The number of aryl methyl sites for hydroxylation is 2. The first-order valence-electron chi connectivity index (χ1n) is 10.8. The topological polar surface area (TPSA) is 78.6 Å². The first-order valence-corrected chi connectivity index (χ1v) is 11.7. The molecule has 0 unspecified atom stereocenters. The molecule has 0 aliphatic carbocycles. The molecule has 0 bridgehead atoms. The fourth-order valence-corrected chi connectivity index (χ4v) is 4.02. The van der Waals surface area contributed by atoms with E-state index in [2.05, 4.69) is 11.9 Å². The standard InChI is InChI=1S/C24H29NO5S/c1-5-7-8-9-10-17-11-18-22(12-21(17)30-15(3)24(27)28-6-2)29-13-19(23(18)26)20-14-31-16(4)25-20/h11-15H,5-10H2,1-4H3/t15-/m1/s1. The Labute approximate surface area is 186 Å². The number of carbonyl (C=O) groups is 1. The largest absolute Gasteiger partial charge is 0.479 e. The highest BCUT2D eigenvalue weighted by Gasteiger charge is 2.20. The first-order chi connectivity index (χ1) is 14.9. The Balaban J connectivity index is 2.00. The number of unbranched alkanes of at least 4 members (excludes halogenated alkanes) is 3. The SMILES string of the molecule is CCCCCCc1cc2c(=O)c(-c3csc(C)n3)coc2cc1O[C@H](C)C(=O)OCC. The van der Waals surface area contributed by atoms with E-state index in [0.29, 0.717) is 34.6 Å². The number of nitrogens with zero attached hydrogens (tertiary/aromatic N) is 1. The molecule has 3 aromatic rings. The van der Waals surface area contributed by atoms with Gasteiger partial charge in [0.1, 0.15) is 17.6 Å². The summed E-state index contributed by atoms with van der Waals surface area (Å²) in [5.74, 6) is 0.125. The third-order valence-corrected chi connectivity index (χ3v) is 5.85. The number of rotatable bonds is 10. The highest BCUT2D eigenvalue weighted by molar-refractivity contribution is 7.09. The Kier molecular flexibility index (Phi) is 7.85. The molecule has 0 aliphatic rings. The fraction of sp³-hybridized carbons (Fsp3) is 0.458. The number of esters is 1. The summed E-state index contributed by atoms with van der Waals surface area (Å²) in [6.07, 6.45) is 5.79. The van der Waals surface area contributed by atoms with Gasteiger partial charge in [-0.2, -0.15) is 0 Å². The summed E-state index contributed by atoms with van der Waals surface area (Å²) in [5.41, 5.74) is 2.26.